The van der Waals surface area contributed by atoms with E-state index in [4.69, 9.17) is 5.73 Å². The molecule has 4 heteroatoms. The molecule has 2 atom stereocenters. The molecule has 1 fully saturated rings. The Kier molecular flexibility index (Phi) is 3.74. The number of hydrogen-bond acceptors (Lipinski definition) is 3. The number of amides is 1. The van der Waals surface area contributed by atoms with Gasteiger partial charge in [0.2, 0.25) is 0 Å². The second-order valence-electron chi connectivity index (χ2n) is 4.71. The molecule has 2 unspecified atom stereocenters. The largest absolute Gasteiger partial charge is 0.348 e. The maximum absolute atomic E-state index is 12.0. The molecule has 0 bridgehead atoms. The van der Waals surface area contributed by atoms with Gasteiger partial charge in [-0.15, -0.1) is 0 Å². The van der Waals surface area contributed by atoms with Crippen LogP contribution in [0, 0.1) is 6.92 Å². The maximum atomic E-state index is 12.0. The molecule has 0 saturated heterocycles. The normalized spacial score (nSPS) is 24.4. The number of aryl methyl sites for hydroxylation is 1. The molecule has 1 aliphatic rings. The van der Waals surface area contributed by atoms with Gasteiger partial charge in [-0.3, -0.25) is 9.78 Å². The lowest BCUT2D eigenvalue weighted by atomic mass is 9.91. The monoisotopic (exact) mass is 233 g/mol. The lowest BCUT2D eigenvalue weighted by molar-refractivity contribution is 0.0921. The minimum atomic E-state index is -0.0437. The number of aromatic nitrogens is 1. The van der Waals surface area contributed by atoms with Gasteiger partial charge < -0.3 is 11.1 Å². The number of hydrogen-bond donors (Lipinski definition) is 2. The van der Waals surface area contributed by atoms with Crippen LogP contribution in [0.15, 0.2) is 18.3 Å². The lowest BCUT2D eigenvalue weighted by Crippen LogP contribution is -2.49. The summed E-state index contributed by atoms with van der Waals surface area (Å²) in [7, 11) is 0. The first kappa shape index (κ1) is 12.0. The smallest absolute Gasteiger partial charge is 0.251 e. The first-order valence-corrected chi connectivity index (χ1v) is 6.16. The lowest BCUT2D eigenvalue weighted by Gasteiger charge is -2.29. The second kappa shape index (κ2) is 5.27. The van der Waals surface area contributed by atoms with Crippen molar-refractivity contribution >= 4 is 5.91 Å². The third-order valence-corrected chi connectivity index (χ3v) is 3.29. The molecule has 0 aliphatic heterocycles. The number of pyridine rings is 1. The molecule has 1 aliphatic carbocycles. The molecule has 0 radical (unpaired) electrons. The van der Waals surface area contributed by atoms with Crippen molar-refractivity contribution in [1.82, 2.24) is 10.3 Å². The molecule has 2 rings (SSSR count). The maximum Gasteiger partial charge on any atom is 0.251 e. The number of nitrogens with two attached hydrogens (primary N) is 1. The summed E-state index contributed by atoms with van der Waals surface area (Å²) in [5, 5.41) is 3.02. The zero-order valence-electron chi connectivity index (χ0n) is 10.1. The summed E-state index contributed by atoms with van der Waals surface area (Å²) in [6.07, 6.45) is 5.96. The fraction of sp³-hybridized carbons (Fsp3) is 0.538. The predicted molar refractivity (Wildman–Crippen MR) is 66.7 cm³/mol. The minimum absolute atomic E-state index is 0.0437. The first-order chi connectivity index (χ1) is 8.16. The number of carbonyl (C=O) groups excluding carboxylic acids is 1. The predicted octanol–water partition coefficient (Wildman–Crippen LogP) is 1.39. The fourth-order valence-electron chi connectivity index (χ4n) is 2.28. The number of rotatable bonds is 2. The van der Waals surface area contributed by atoms with E-state index in [2.05, 4.69) is 10.3 Å². The van der Waals surface area contributed by atoms with Crippen molar-refractivity contribution in [3.8, 4) is 0 Å². The van der Waals surface area contributed by atoms with E-state index in [0.29, 0.717) is 5.56 Å². The Bertz CT molecular complexity index is 405. The van der Waals surface area contributed by atoms with Crippen LogP contribution in [-0.2, 0) is 0 Å². The molecule has 0 spiro atoms. The molecule has 1 aromatic rings. The van der Waals surface area contributed by atoms with Crippen molar-refractivity contribution in [2.45, 2.75) is 44.7 Å². The van der Waals surface area contributed by atoms with Gasteiger partial charge in [0.1, 0.15) is 0 Å². The first-order valence-electron chi connectivity index (χ1n) is 6.16. The van der Waals surface area contributed by atoms with Gasteiger partial charge in [-0.05, 0) is 31.9 Å². The Labute approximate surface area is 102 Å². The second-order valence-corrected chi connectivity index (χ2v) is 4.71. The fourth-order valence-corrected chi connectivity index (χ4v) is 2.28. The summed E-state index contributed by atoms with van der Waals surface area (Å²) >= 11 is 0. The van der Waals surface area contributed by atoms with Crippen LogP contribution in [0.2, 0.25) is 0 Å². The Hall–Kier alpha value is -1.42. The standard InChI is InChI=1S/C13H19N3O/c1-9-8-10(6-7-15-9)13(17)16-12-5-3-2-4-11(12)14/h6-8,11-12H,2-5,14H2,1H3,(H,16,17). The summed E-state index contributed by atoms with van der Waals surface area (Å²) in [4.78, 5) is 16.1. The molecular weight excluding hydrogens is 214 g/mol. The molecule has 1 saturated carbocycles. The Morgan fingerprint density at radius 2 is 2.24 bits per heavy atom. The van der Waals surface area contributed by atoms with E-state index in [0.717, 1.165) is 25.0 Å². The van der Waals surface area contributed by atoms with E-state index in [-0.39, 0.29) is 18.0 Å². The molecule has 1 heterocycles. The van der Waals surface area contributed by atoms with Crippen molar-refractivity contribution in [3.63, 3.8) is 0 Å². The summed E-state index contributed by atoms with van der Waals surface area (Å²) in [5.41, 5.74) is 7.52. The van der Waals surface area contributed by atoms with Gasteiger partial charge in [-0.25, -0.2) is 0 Å². The van der Waals surface area contributed by atoms with Gasteiger partial charge in [0.15, 0.2) is 0 Å². The Balaban J connectivity index is 2.01. The van der Waals surface area contributed by atoms with Gasteiger partial charge >= 0.3 is 0 Å². The minimum Gasteiger partial charge on any atom is -0.348 e. The number of nitrogens with zero attached hydrogens (tertiary/aromatic N) is 1. The van der Waals surface area contributed by atoms with Crippen LogP contribution in [0.1, 0.15) is 41.7 Å². The van der Waals surface area contributed by atoms with E-state index in [1.54, 1.807) is 18.3 Å². The quantitative estimate of drug-likeness (QED) is 0.811. The summed E-state index contributed by atoms with van der Waals surface area (Å²) < 4.78 is 0. The van der Waals surface area contributed by atoms with Gasteiger partial charge in [0.25, 0.3) is 5.91 Å². The SMILES string of the molecule is Cc1cc(C(=O)NC2CCCCC2N)ccn1. The van der Waals surface area contributed by atoms with Crippen LogP contribution in [0.3, 0.4) is 0 Å². The highest BCUT2D eigenvalue weighted by Crippen LogP contribution is 2.17. The molecule has 1 amide bonds. The highest BCUT2D eigenvalue weighted by molar-refractivity contribution is 5.94. The zero-order valence-corrected chi connectivity index (χ0v) is 10.1. The Morgan fingerprint density at radius 1 is 1.47 bits per heavy atom. The van der Waals surface area contributed by atoms with Crippen LogP contribution < -0.4 is 11.1 Å². The molecule has 4 nitrogen and oxygen atoms in total. The van der Waals surface area contributed by atoms with E-state index < -0.39 is 0 Å². The van der Waals surface area contributed by atoms with Crippen molar-refractivity contribution in [1.29, 1.82) is 0 Å². The summed E-state index contributed by atoms with van der Waals surface area (Å²) in [6, 6.07) is 3.74. The summed E-state index contributed by atoms with van der Waals surface area (Å²) in [6.45, 7) is 1.88. The average molecular weight is 233 g/mol. The average Bonchev–Trinajstić information content (AvgIpc) is 2.32. The van der Waals surface area contributed by atoms with E-state index in [1.807, 2.05) is 6.92 Å². The zero-order chi connectivity index (χ0) is 12.3. The molecule has 92 valence electrons. The van der Waals surface area contributed by atoms with Crippen LogP contribution in [0.4, 0.5) is 0 Å². The van der Waals surface area contributed by atoms with Crippen molar-refractivity contribution < 1.29 is 4.79 Å². The third-order valence-electron chi connectivity index (χ3n) is 3.29. The van der Waals surface area contributed by atoms with Gasteiger partial charge in [-0.2, -0.15) is 0 Å². The van der Waals surface area contributed by atoms with E-state index >= 15 is 0 Å². The Morgan fingerprint density at radius 3 is 2.94 bits per heavy atom. The van der Waals surface area contributed by atoms with Crippen molar-refractivity contribution in [3.05, 3.63) is 29.6 Å². The van der Waals surface area contributed by atoms with Gasteiger partial charge in [-0.1, -0.05) is 12.8 Å². The number of nitrogens with one attached hydrogen (secondary N) is 1. The number of carbonyl (C=O) groups is 1. The van der Waals surface area contributed by atoms with Crippen LogP contribution in [-0.4, -0.2) is 23.0 Å². The van der Waals surface area contributed by atoms with Gasteiger partial charge in [0, 0.05) is 29.5 Å². The topological polar surface area (TPSA) is 68.0 Å². The molecule has 1 aromatic heterocycles. The van der Waals surface area contributed by atoms with Crippen LogP contribution in [0.5, 0.6) is 0 Å². The molecule has 0 aromatic carbocycles. The highest BCUT2D eigenvalue weighted by atomic mass is 16.1. The van der Waals surface area contributed by atoms with Crippen LogP contribution in [0.25, 0.3) is 0 Å². The van der Waals surface area contributed by atoms with Crippen molar-refractivity contribution in [2.75, 3.05) is 0 Å². The molecule has 17 heavy (non-hydrogen) atoms. The molecule has 3 N–H and O–H groups in total. The molecular formula is C13H19N3O. The third kappa shape index (κ3) is 3.03. The van der Waals surface area contributed by atoms with E-state index in [1.165, 1.54) is 6.42 Å². The van der Waals surface area contributed by atoms with Crippen LogP contribution >= 0.6 is 0 Å². The van der Waals surface area contributed by atoms with Gasteiger partial charge in [0.05, 0.1) is 0 Å². The van der Waals surface area contributed by atoms with E-state index in [9.17, 15) is 4.79 Å². The highest BCUT2D eigenvalue weighted by Gasteiger charge is 2.23. The van der Waals surface area contributed by atoms with Crippen molar-refractivity contribution in [2.24, 2.45) is 5.73 Å². The summed E-state index contributed by atoms with van der Waals surface area (Å²) in [5.74, 6) is -0.0437.